The molecule has 5 nitrogen and oxygen atoms in total. The third kappa shape index (κ3) is 3.48. The maximum Gasteiger partial charge on any atom is 0.245 e. The SMILES string of the molecule is CC(C)C(NC(=O)C12CC3CC(CC(C3)C1)C2)C(=O)N1CCC(N)C(C)(C)C1. The second-order valence-corrected chi connectivity index (χ2v) is 11.5. The minimum absolute atomic E-state index is 0.0769. The Morgan fingerprint density at radius 3 is 2.04 bits per heavy atom. The lowest BCUT2D eigenvalue weighted by Gasteiger charge is -2.56. The molecule has 5 rings (SSSR count). The fraction of sp³-hybridized carbons (Fsp3) is 0.913. The Morgan fingerprint density at radius 2 is 1.57 bits per heavy atom. The maximum atomic E-state index is 13.5. The van der Waals surface area contributed by atoms with Gasteiger partial charge in [0.15, 0.2) is 0 Å². The van der Waals surface area contributed by atoms with Gasteiger partial charge >= 0.3 is 0 Å². The van der Waals surface area contributed by atoms with Gasteiger partial charge in [0, 0.05) is 24.5 Å². The van der Waals surface area contributed by atoms with Crippen molar-refractivity contribution in [1.29, 1.82) is 0 Å². The molecular formula is C23H39N3O2. The zero-order valence-corrected chi connectivity index (χ0v) is 18.2. The van der Waals surface area contributed by atoms with Gasteiger partial charge in [-0.25, -0.2) is 0 Å². The molecule has 5 heteroatoms. The van der Waals surface area contributed by atoms with E-state index >= 15 is 0 Å². The van der Waals surface area contributed by atoms with Gasteiger partial charge in [0.05, 0.1) is 0 Å². The van der Waals surface area contributed by atoms with Crippen LogP contribution in [0.4, 0.5) is 0 Å². The van der Waals surface area contributed by atoms with Crippen LogP contribution < -0.4 is 11.1 Å². The molecule has 4 bridgehead atoms. The van der Waals surface area contributed by atoms with E-state index in [9.17, 15) is 9.59 Å². The number of carbonyl (C=O) groups excluding carboxylic acids is 2. The summed E-state index contributed by atoms with van der Waals surface area (Å²) in [5.41, 5.74) is 5.97. The molecule has 28 heavy (non-hydrogen) atoms. The number of nitrogens with zero attached hydrogens (tertiary/aromatic N) is 1. The molecule has 0 aromatic heterocycles. The fourth-order valence-electron chi connectivity index (χ4n) is 6.96. The molecular weight excluding hydrogens is 350 g/mol. The number of amides is 2. The molecule has 2 unspecified atom stereocenters. The van der Waals surface area contributed by atoms with Gasteiger partial charge in [0.2, 0.25) is 11.8 Å². The molecule has 0 aromatic rings. The largest absolute Gasteiger partial charge is 0.344 e. The average molecular weight is 390 g/mol. The fourth-order valence-corrected chi connectivity index (χ4v) is 6.96. The lowest BCUT2D eigenvalue weighted by molar-refractivity contribution is -0.151. The van der Waals surface area contributed by atoms with Crippen molar-refractivity contribution in [3.8, 4) is 0 Å². The Bertz CT molecular complexity index is 606. The quantitative estimate of drug-likeness (QED) is 0.776. The molecule has 1 aliphatic heterocycles. The van der Waals surface area contributed by atoms with Gasteiger partial charge in [0.25, 0.3) is 0 Å². The van der Waals surface area contributed by atoms with Crippen molar-refractivity contribution < 1.29 is 9.59 Å². The summed E-state index contributed by atoms with van der Waals surface area (Å²) in [4.78, 5) is 28.8. The molecule has 3 N–H and O–H groups in total. The molecule has 2 atom stereocenters. The molecule has 4 aliphatic carbocycles. The van der Waals surface area contributed by atoms with Crippen molar-refractivity contribution in [2.24, 2.45) is 40.2 Å². The summed E-state index contributed by atoms with van der Waals surface area (Å²) in [6.07, 6.45) is 7.90. The maximum absolute atomic E-state index is 13.5. The Labute approximate surface area is 170 Å². The van der Waals surface area contributed by atoms with Gasteiger partial charge in [-0.1, -0.05) is 27.7 Å². The van der Waals surface area contributed by atoms with Crippen molar-refractivity contribution in [1.82, 2.24) is 10.2 Å². The number of nitrogens with two attached hydrogens (primary N) is 1. The van der Waals surface area contributed by atoms with E-state index in [1.807, 2.05) is 18.7 Å². The number of rotatable bonds is 4. The summed E-state index contributed by atoms with van der Waals surface area (Å²) in [6.45, 7) is 9.72. The summed E-state index contributed by atoms with van der Waals surface area (Å²) in [5, 5.41) is 3.25. The number of likely N-dealkylation sites (tertiary alicyclic amines) is 1. The molecule has 1 heterocycles. The minimum atomic E-state index is -0.425. The molecule has 0 aromatic carbocycles. The van der Waals surface area contributed by atoms with E-state index < -0.39 is 6.04 Å². The summed E-state index contributed by atoms with van der Waals surface area (Å²) in [7, 11) is 0. The van der Waals surface area contributed by atoms with E-state index in [0.717, 1.165) is 43.4 Å². The van der Waals surface area contributed by atoms with E-state index in [2.05, 4.69) is 19.2 Å². The van der Waals surface area contributed by atoms with E-state index in [0.29, 0.717) is 13.1 Å². The monoisotopic (exact) mass is 389 g/mol. The third-order valence-corrected chi connectivity index (χ3v) is 8.36. The van der Waals surface area contributed by atoms with Gasteiger partial charge in [-0.05, 0) is 74.0 Å². The van der Waals surface area contributed by atoms with Crippen LogP contribution in [-0.4, -0.2) is 41.9 Å². The van der Waals surface area contributed by atoms with Gasteiger partial charge in [-0.2, -0.15) is 0 Å². The number of nitrogens with one attached hydrogen (secondary N) is 1. The first-order valence-electron chi connectivity index (χ1n) is 11.4. The van der Waals surface area contributed by atoms with Crippen LogP contribution in [0.3, 0.4) is 0 Å². The number of hydrogen-bond donors (Lipinski definition) is 2. The highest BCUT2D eigenvalue weighted by molar-refractivity contribution is 5.90. The second kappa shape index (κ2) is 7.00. The highest BCUT2D eigenvalue weighted by atomic mass is 16.2. The van der Waals surface area contributed by atoms with Gasteiger partial charge in [-0.3, -0.25) is 9.59 Å². The van der Waals surface area contributed by atoms with Crippen LogP contribution in [0.25, 0.3) is 0 Å². The Kier molecular flexibility index (Phi) is 5.05. The zero-order chi connectivity index (χ0) is 20.3. The van der Waals surface area contributed by atoms with Gasteiger partial charge < -0.3 is 16.0 Å². The standard InChI is InChI=1S/C23H39N3O2/c1-14(2)19(20(27)26-6-5-18(24)22(3,4)13-26)25-21(28)23-10-15-7-16(11-23)9-17(8-15)12-23/h14-19H,5-13,24H2,1-4H3,(H,25,28). The zero-order valence-electron chi connectivity index (χ0n) is 18.2. The first kappa shape index (κ1) is 20.2. The lowest BCUT2D eigenvalue weighted by atomic mass is 9.49. The van der Waals surface area contributed by atoms with Crippen LogP contribution in [0, 0.1) is 34.5 Å². The highest BCUT2D eigenvalue weighted by Crippen LogP contribution is 2.60. The Hall–Kier alpha value is -1.10. The molecule has 2 amide bonds. The van der Waals surface area contributed by atoms with Crippen molar-refractivity contribution in [2.45, 2.75) is 84.7 Å². The van der Waals surface area contributed by atoms with Crippen molar-refractivity contribution in [3.63, 3.8) is 0 Å². The number of piperidine rings is 1. The predicted molar refractivity (Wildman–Crippen MR) is 110 cm³/mol. The highest BCUT2D eigenvalue weighted by Gasteiger charge is 2.55. The molecule has 5 fully saturated rings. The number of hydrogen-bond acceptors (Lipinski definition) is 3. The van der Waals surface area contributed by atoms with Crippen LogP contribution in [0.5, 0.6) is 0 Å². The topological polar surface area (TPSA) is 75.4 Å². The Balaban J connectivity index is 1.47. The summed E-state index contributed by atoms with van der Waals surface area (Å²) in [5.74, 6) is 2.52. The summed E-state index contributed by atoms with van der Waals surface area (Å²) >= 11 is 0. The Morgan fingerprint density at radius 1 is 1.04 bits per heavy atom. The van der Waals surface area contributed by atoms with Crippen LogP contribution >= 0.6 is 0 Å². The van der Waals surface area contributed by atoms with Gasteiger partial charge in [-0.15, -0.1) is 0 Å². The van der Waals surface area contributed by atoms with Crippen LogP contribution in [0.1, 0.15) is 72.6 Å². The first-order chi connectivity index (χ1) is 13.1. The predicted octanol–water partition coefficient (Wildman–Crippen LogP) is 2.93. The minimum Gasteiger partial charge on any atom is -0.344 e. The van der Waals surface area contributed by atoms with Crippen LogP contribution in [0.2, 0.25) is 0 Å². The third-order valence-electron chi connectivity index (χ3n) is 8.36. The molecule has 158 valence electrons. The van der Waals surface area contributed by atoms with E-state index in [1.54, 1.807) is 0 Å². The van der Waals surface area contributed by atoms with Crippen molar-refractivity contribution in [3.05, 3.63) is 0 Å². The molecule has 0 spiro atoms. The van der Waals surface area contributed by atoms with E-state index in [4.69, 9.17) is 5.73 Å². The van der Waals surface area contributed by atoms with Gasteiger partial charge in [0.1, 0.15) is 6.04 Å². The second-order valence-electron chi connectivity index (χ2n) is 11.5. The normalized spacial score (nSPS) is 39.9. The smallest absolute Gasteiger partial charge is 0.245 e. The average Bonchev–Trinajstić information content (AvgIpc) is 2.59. The molecule has 1 saturated heterocycles. The summed E-state index contributed by atoms with van der Waals surface area (Å²) < 4.78 is 0. The summed E-state index contributed by atoms with van der Waals surface area (Å²) in [6, 6.07) is -0.304. The van der Waals surface area contributed by atoms with Crippen LogP contribution in [-0.2, 0) is 9.59 Å². The van der Waals surface area contributed by atoms with Crippen LogP contribution in [0.15, 0.2) is 0 Å². The number of carbonyl (C=O) groups is 2. The molecule has 4 saturated carbocycles. The van der Waals surface area contributed by atoms with Crippen molar-refractivity contribution >= 4 is 11.8 Å². The first-order valence-corrected chi connectivity index (χ1v) is 11.4. The van der Waals surface area contributed by atoms with E-state index in [-0.39, 0.29) is 34.6 Å². The van der Waals surface area contributed by atoms with E-state index in [1.165, 1.54) is 19.3 Å². The van der Waals surface area contributed by atoms with Crippen molar-refractivity contribution in [2.75, 3.05) is 13.1 Å². The lowest BCUT2D eigenvalue weighted by Crippen LogP contribution is -2.61. The molecule has 5 aliphatic rings. The molecule has 0 radical (unpaired) electrons.